The van der Waals surface area contributed by atoms with Gasteiger partial charge < -0.3 is 5.11 Å². The molecule has 0 spiro atoms. The van der Waals surface area contributed by atoms with Gasteiger partial charge in [-0.15, -0.1) is 0 Å². The van der Waals surface area contributed by atoms with Gasteiger partial charge in [-0.3, -0.25) is 0 Å². The summed E-state index contributed by atoms with van der Waals surface area (Å²) in [5, 5.41) is 11.8. The number of halogens is 4. The zero-order valence-corrected chi connectivity index (χ0v) is 16.3. The number of benzene rings is 1. The van der Waals surface area contributed by atoms with Gasteiger partial charge in [0, 0.05) is 17.8 Å². The molecule has 0 saturated carbocycles. The minimum Gasteiger partial charge on any atom is -0.477 e. The maximum Gasteiger partial charge on any atom is 0.416 e. The van der Waals surface area contributed by atoms with E-state index in [0.29, 0.717) is 22.3 Å². The average molecular weight is 443 g/mol. The third-order valence-electron chi connectivity index (χ3n) is 5.11. The van der Waals surface area contributed by atoms with Crippen molar-refractivity contribution in [3.05, 3.63) is 88.1 Å². The van der Waals surface area contributed by atoms with Crippen molar-refractivity contribution in [2.75, 3.05) is 0 Å². The molecule has 5 aromatic rings. The van der Waals surface area contributed by atoms with Gasteiger partial charge in [0.05, 0.1) is 17.1 Å². The van der Waals surface area contributed by atoms with Gasteiger partial charge in [-0.2, -0.15) is 22.0 Å². The third kappa shape index (κ3) is 2.98. The van der Waals surface area contributed by atoms with E-state index in [2.05, 4.69) is 4.98 Å². The van der Waals surface area contributed by atoms with Crippen LogP contribution >= 0.6 is 11.6 Å². The third-order valence-corrected chi connectivity index (χ3v) is 5.34. The molecule has 0 unspecified atom stereocenters. The van der Waals surface area contributed by atoms with E-state index in [9.17, 15) is 23.1 Å². The molecule has 31 heavy (non-hydrogen) atoms. The summed E-state index contributed by atoms with van der Waals surface area (Å²) in [6, 6.07) is 12.8. The molecule has 1 aromatic carbocycles. The molecule has 0 fully saturated rings. The predicted octanol–water partition coefficient (Wildman–Crippen LogP) is 4.58. The Morgan fingerprint density at radius 2 is 1.84 bits per heavy atom. The first-order chi connectivity index (χ1) is 14.8. The monoisotopic (exact) mass is 442 g/mol. The molecule has 0 aliphatic carbocycles. The molecule has 5 nitrogen and oxygen atoms in total. The Kier molecular flexibility index (Phi) is 4.16. The summed E-state index contributed by atoms with van der Waals surface area (Å²) in [7, 11) is 0. The lowest BCUT2D eigenvalue weighted by molar-refractivity contribution is -0.524. The summed E-state index contributed by atoms with van der Waals surface area (Å²) >= 11 is 5.87. The first-order valence-electron chi connectivity index (χ1n) is 9.10. The van der Waals surface area contributed by atoms with Crippen molar-refractivity contribution in [3.8, 4) is 28.3 Å². The Morgan fingerprint density at radius 3 is 2.55 bits per heavy atom. The Balaban J connectivity index is 1.89. The molecule has 0 amide bonds. The first-order valence-corrected chi connectivity index (χ1v) is 9.47. The SMILES string of the molecule is O=c1c(-c2cccc(C(F)(F)F)c2)c(O)[n+]2cccc3cc(-c4ccc(Cl)nc4)n1c32. The zero-order chi connectivity index (χ0) is 21.9. The van der Waals surface area contributed by atoms with Gasteiger partial charge in [0.15, 0.2) is 5.56 Å². The van der Waals surface area contributed by atoms with Crippen molar-refractivity contribution in [1.82, 2.24) is 9.38 Å². The van der Waals surface area contributed by atoms with Crippen LogP contribution in [0.3, 0.4) is 0 Å². The van der Waals surface area contributed by atoms with E-state index in [1.807, 2.05) is 0 Å². The highest BCUT2D eigenvalue weighted by Crippen LogP contribution is 2.34. The minimum absolute atomic E-state index is 0.0404. The van der Waals surface area contributed by atoms with Crippen molar-refractivity contribution in [2.45, 2.75) is 6.18 Å². The van der Waals surface area contributed by atoms with Crippen LogP contribution in [-0.2, 0) is 6.18 Å². The van der Waals surface area contributed by atoms with Crippen LogP contribution in [0.1, 0.15) is 5.56 Å². The topological polar surface area (TPSA) is 58.7 Å². The van der Waals surface area contributed by atoms with Crippen LogP contribution < -0.4 is 9.96 Å². The first kappa shape index (κ1) is 19.3. The van der Waals surface area contributed by atoms with Crippen LogP contribution in [0, 0.1) is 0 Å². The van der Waals surface area contributed by atoms with E-state index in [1.165, 1.54) is 33.3 Å². The van der Waals surface area contributed by atoms with Gasteiger partial charge in [-0.25, -0.2) is 9.78 Å². The highest BCUT2D eigenvalue weighted by molar-refractivity contribution is 6.29. The fourth-order valence-corrected chi connectivity index (χ4v) is 3.85. The number of alkyl halides is 3. The molecule has 0 aliphatic rings. The Labute approximate surface area is 177 Å². The van der Waals surface area contributed by atoms with Gasteiger partial charge in [0.2, 0.25) is 0 Å². The van der Waals surface area contributed by atoms with E-state index in [1.54, 1.807) is 30.3 Å². The molecule has 4 heterocycles. The number of hydrogen-bond acceptors (Lipinski definition) is 3. The summed E-state index contributed by atoms with van der Waals surface area (Å²) < 4.78 is 42.4. The summed E-state index contributed by atoms with van der Waals surface area (Å²) in [5.41, 5.74) is -0.390. The number of hydrogen-bond donors (Lipinski definition) is 1. The molecule has 0 saturated heterocycles. The fourth-order valence-electron chi connectivity index (χ4n) is 3.74. The molecular weight excluding hydrogens is 431 g/mol. The molecule has 0 aliphatic heterocycles. The number of rotatable bonds is 2. The lowest BCUT2D eigenvalue weighted by atomic mass is 10.0. The normalized spacial score (nSPS) is 12.1. The lowest BCUT2D eigenvalue weighted by Crippen LogP contribution is -2.31. The molecule has 4 aromatic heterocycles. The highest BCUT2D eigenvalue weighted by Gasteiger charge is 2.33. The van der Waals surface area contributed by atoms with Crippen LogP contribution in [0.4, 0.5) is 13.2 Å². The molecule has 0 bridgehead atoms. The zero-order valence-electron chi connectivity index (χ0n) is 15.6. The second-order valence-corrected chi connectivity index (χ2v) is 7.36. The van der Waals surface area contributed by atoms with Gasteiger partial charge in [0.25, 0.3) is 0 Å². The smallest absolute Gasteiger partial charge is 0.416 e. The summed E-state index contributed by atoms with van der Waals surface area (Å²) in [4.78, 5) is 17.5. The Hall–Kier alpha value is -3.65. The maximum atomic E-state index is 13.5. The van der Waals surface area contributed by atoms with Crippen molar-refractivity contribution in [2.24, 2.45) is 0 Å². The van der Waals surface area contributed by atoms with Gasteiger partial charge in [-0.1, -0.05) is 23.7 Å². The van der Waals surface area contributed by atoms with Crippen LogP contribution in [0.5, 0.6) is 5.88 Å². The van der Waals surface area contributed by atoms with E-state index in [0.717, 1.165) is 12.1 Å². The molecule has 154 valence electrons. The summed E-state index contributed by atoms with van der Waals surface area (Å²) in [5.74, 6) is -0.443. The quantitative estimate of drug-likeness (QED) is 0.321. The van der Waals surface area contributed by atoms with Crippen LogP contribution in [-0.4, -0.2) is 14.5 Å². The largest absolute Gasteiger partial charge is 0.477 e. The highest BCUT2D eigenvalue weighted by atomic mass is 35.5. The lowest BCUT2D eigenvalue weighted by Gasteiger charge is -2.09. The van der Waals surface area contributed by atoms with E-state index in [4.69, 9.17) is 11.6 Å². The summed E-state index contributed by atoms with van der Waals surface area (Å²) in [6.45, 7) is 0. The van der Waals surface area contributed by atoms with E-state index in [-0.39, 0.29) is 16.3 Å². The average Bonchev–Trinajstić information content (AvgIpc) is 3.13. The van der Waals surface area contributed by atoms with Crippen molar-refractivity contribution in [1.29, 1.82) is 0 Å². The van der Waals surface area contributed by atoms with E-state index >= 15 is 0 Å². The minimum atomic E-state index is -4.59. The van der Waals surface area contributed by atoms with Crippen LogP contribution in [0.2, 0.25) is 5.15 Å². The van der Waals surface area contributed by atoms with Crippen molar-refractivity contribution < 1.29 is 22.7 Å². The van der Waals surface area contributed by atoms with Gasteiger partial charge in [0.1, 0.15) is 10.8 Å². The molecule has 0 radical (unpaired) electrons. The van der Waals surface area contributed by atoms with Gasteiger partial charge in [-0.05, 0) is 42.0 Å². The molecule has 1 N–H and O–H groups in total. The standard InChI is InChI=1S/C22H11ClF3N3O2/c23-17-7-6-14(11-27-17)16-10-13-4-2-8-28-19(13)29(16)21(31)18(20(28)30)12-3-1-5-15(9-12)22(24,25)26/h1-11H/p+1. The van der Waals surface area contributed by atoms with Crippen LogP contribution in [0.15, 0.2) is 71.8 Å². The predicted molar refractivity (Wildman–Crippen MR) is 108 cm³/mol. The molecular formula is C22H12ClF3N3O2+. The summed E-state index contributed by atoms with van der Waals surface area (Å²) in [6.07, 6.45) is -1.55. The molecule has 9 heteroatoms. The van der Waals surface area contributed by atoms with Crippen LogP contribution in [0.25, 0.3) is 33.4 Å². The number of aromatic nitrogens is 3. The van der Waals surface area contributed by atoms with Crippen molar-refractivity contribution in [3.63, 3.8) is 0 Å². The van der Waals surface area contributed by atoms with Crippen molar-refractivity contribution >= 4 is 22.6 Å². The fraction of sp³-hybridized carbons (Fsp3) is 0.0455. The van der Waals surface area contributed by atoms with Gasteiger partial charge >= 0.3 is 23.3 Å². The van der Waals surface area contributed by atoms with E-state index < -0.39 is 23.2 Å². The number of pyridine rings is 2. The Morgan fingerprint density at radius 1 is 1.03 bits per heavy atom. The number of aromatic hydroxyl groups is 1. The molecule has 0 atom stereocenters. The Bertz CT molecular complexity index is 1510. The maximum absolute atomic E-state index is 13.5. The second kappa shape index (κ2) is 6.68. The number of nitrogens with zero attached hydrogens (tertiary/aromatic N) is 3. The second-order valence-electron chi connectivity index (χ2n) is 6.97. The molecule has 5 rings (SSSR count).